The first-order valence-electron chi connectivity index (χ1n) is 14.6. The van der Waals surface area contributed by atoms with Crippen LogP contribution in [-0.2, 0) is 28.5 Å². The first-order chi connectivity index (χ1) is 18.6. The second-order valence-corrected chi connectivity index (χ2v) is 13.5. The summed E-state index contributed by atoms with van der Waals surface area (Å²) >= 11 is 0. The number of ether oxygens (including phenoxy) is 4. The average molecular weight is 569 g/mol. The standard InChI is InChI=1S/C30H48O10/c1-16(32)37-15-23(38-17(2)33)29(5)11-9-19-18(13-29)7-8-21-28(3,4)22(10-12-30(19,21)6)40-27-26(36)25(35)24(34)20(14-31)39-27/h13,19-27,31,34-36H,7-12,14-15H2,1-6H3. The molecule has 1 heterocycles. The molecule has 40 heavy (non-hydrogen) atoms. The van der Waals surface area contributed by atoms with Gasteiger partial charge in [0.15, 0.2) is 6.29 Å². The fourth-order valence-electron chi connectivity index (χ4n) is 8.32. The van der Waals surface area contributed by atoms with Crippen LogP contribution < -0.4 is 0 Å². The van der Waals surface area contributed by atoms with E-state index in [0.717, 1.165) is 38.5 Å². The zero-order valence-electron chi connectivity index (χ0n) is 24.7. The Kier molecular flexibility index (Phi) is 9.11. The number of aliphatic hydroxyl groups is 4. The highest BCUT2D eigenvalue weighted by Crippen LogP contribution is 2.64. The number of rotatable bonds is 7. The Balaban J connectivity index is 1.52. The summed E-state index contributed by atoms with van der Waals surface area (Å²) in [5.41, 5.74) is 0.677. The Morgan fingerprint density at radius 1 is 1.00 bits per heavy atom. The van der Waals surface area contributed by atoms with Crippen LogP contribution in [0.5, 0.6) is 0 Å². The zero-order valence-corrected chi connectivity index (χ0v) is 24.7. The Morgan fingerprint density at radius 2 is 1.70 bits per heavy atom. The second kappa shape index (κ2) is 11.6. The normalized spacial score (nSPS) is 43.5. The largest absolute Gasteiger partial charge is 0.462 e. The third-order valence-electron chi connectivity index (χ3n) is 10.5. The van der Waals surface area contributed by atoms with Crippen LogP contribution >= 0.6 is 0 Å². The van der Waals surface area contributed by atoms with Gasteiger partial charge >= 0.3 is 11.9 Å². The van der Waals surface area contributed by atoms with Crippen molar-refractivity contribution in [1.29, 1.82) is 0 Å². The van der Waals surface area contributed by atoms with Crippen molar-refractivity contribution in [2.75, 3.05) is 13.2 Å². The maximum atomic E-state index is 11.9. The van der Waals surface area contributed by atoms with Crippen LogP contribution in [0.15, 0.2) is 11.6 Å². The molecule has 10 heteroatoms. The summed E-state index contributed by atoms with van der Waals surface area (Å²) in [7, 11) is 0. The Morgan fingerprint density at radius 3 is 2.33 bits per heavy atom. The molecule has 0 radical (unpaired) electrons. The molecule has 1 saturated heterocycles. The van der Waals surface area contributed by atoms with E-state index in [-0.39, 0.29) is 23.5 Å². The van der Waals surface area contributed by atoms with Gasteiger partial charge < -0.3 is 39.4 Å². The summed E-state index contributed by atoms with van der Waals surface area (Å²) in [5, 5.41) is 40.5. The molecular formula is C30H48O10. The number of carbonyl (C=O) groups is 2. The van der Waals surface area contributed by atoms with Crippen LogP contribution in [0.1, 0.15) is 80.1 Å². The van der Waals surface area contributed by atoms with Gasteiger partial charge in [-0.1, -0.05) is 39.3 Å². The van der Waals surface area contributed by atoms with Crippen LogP contribution in [0.3, 0.4) is 0 Å². The molecule has 2 saturated carbocycles. The maximum absolute atomic E-state index is 11.9. The van der Waals surface area contributed by atoms with E-state index in [1.165, 1.54) is 19.4 Å². The first-order valence-corrected chi connectivity index (χ1v) is 14.6. The average Bonchev–Trinajstić information content (AvgIpc) is 2.87. The lowest BCUT2D eigenvalue weighted by atomic mass is 9.45. The summed E-state index contributed by atoms with van der Waals surface area (Å²) in [6, 6.07) is 0. The quantitative estimate of drug-likeness (QED) is 0.204. The molecule has 0 bridgehead atoms. The second-order valence-electron chi connectivity index (χ2n) is 13.5. The van der Waals surface area contributed by atoms with E-state index in [2.05, 4.69) is 33.8 Å². The van der Waals surface area contributed by atoms with E-state index in [9.17, 15) is 30.0 Å². The van der Waals surface area contributed by atoms with Crippen LogP contribution in [-0.4, -0.2) is 88.5 Å². The van der Waals surface area contributed by atoms with Crippen molar-refractivity contribution in [3.8, 4) is 0 Å². The van der Waals surface area contributed by atoms with Crippen molar-refractivity contribution in [3.05, 3.63) is 11.6 Å². The van der Waals surface area contributed by atoms with E-state index in [1.807, 2.05) is 0 Å². The lowest BCUT2D eigenvalue weighted by Crippen LogP contribution is -2.62. The van der Waals surface area contributed by atoms with Crippen molar-refractivity contribution in [2.24, 2.45) is 28.1 Å². The molecule has 10 nitrogen and oxygen atoms in total. The molecule has 0 aromatic rings. The van der Waals surface area contributed by atoms with Crippen LogP contribution in [0.2, 0.25) is 0 Å². The van der Waals surface area contributed by atoms with Crippen molar-refractivity contribution < 1.29 is 49.0 Å². The molecule has 0 amide bonds. The fourth-order valence-corrected chi connectivity index (χ4v) is 8.32. The maximum Gasteiger partial charge on any atom is 0.303 e. The van der Waals surface area contributed by atoms with E-state index in [1.54, 1.807) is 0 Å². The molecule has 4 rings (SSSR count). The minimum atomic E-state index is -1.47. The number of esters is 2. The highest BCUT2D eigenvalue weighted by atomic mass is 16.7. The van der Waals surface area contributed by atoms with Gasteiger partial charge in [0.25, 0.3) is 0 Å². The van der Waals surface area contributed by atoms with Gasteiger partial charge in [-0.3, -0.25) is 9.59 Å². The molecule has 4 aliphatic rings. The van der Waals surface area contributed by atoms with E-state index < -0.39 is 60.8 Å². The summed E-state index contributed by atoms with van der Waals surface area (Å²) in [6.45, 7) is 11.1. The smallest absolute Gasteiger partial charge is 0.303 e. The molecule has 0 spiro atoms. The van der Waals surface area contributed by atoms with E-state index in [4.69, 9.17) is 18.9 Å². The molecule has 11 atom stereocenters. The van der Waals surface area contributed by atoms with Gasteiger partial charge in [-0.15, -0.1) is 0 Å². The van der Waals surface area contributed by atoms with Crippen molar-refractivity contribution in [2.45, 2.75) is 123 Å². The third kappa shape index (κ3) is 5.72. The van der Waals surface area contributed by atoms with Gasteiger partial charge in [0.05, 0.1) is 12.7 Å². The van der Waals surface area contributed by atoms with Crippen molar-refractivity contribution >= 4 is 11.9 Å². The Hall–Kier alpha value is -1.56. The number of fused-ring (bicyclic) bond motifs is 3. The van der Waals surface area contributed by atoms with Gasteiger partial charge in [-0.2, -0.15) is 0 Å². The van der Waals surface area contributed by atoms with Gasteiger partial charge in [0.1, 0.15) is 37.1 Å². The van der Waals surface area contributed by atoms with Crippen LogP contribution in [0.25, 0.3) is 0 Å². The SMILES string of the molecule is CC(=O)OCC(OC(C)=O)C1(C)C=C2CCC3C(C)(C)C(OC4OC(CO)C(O)C(O)C4O)CCC3(C)C2CC1. The summed E-state index contributed by atoms with van der Waals surface area (Å²) < 4.78 is 22.9. The van der Waals surface area contributed by atoms with Crippen LogP contribution in [0, 0.1) is 28.1 Å². The molecule has 4 N–H and O–H groups in total. The number of hydrogen-bond donors (Lipinski definition) is 4. The molecule has 3 aliphatic carbocycles. The van der Waals surface area contributed by atoms with E-state index in [0.29, 0.717) is 11.8 Å². The Labute approximate surface area is 237 Å². The highest BCUT2D eigenvalue weighted by molar-refractivity contribution is 5.67. The third-order valence-corrected chi connectivity index (χ3v) is 10.5. The number of hydrogen-bond acceptors (Lipinski definition) is 10. The minimum absolute atomic E-state index is 0.0109. The van der Waals surface area contributed by atoms with Crippen molar-refractivity contribution in [3.63, 3.8) is 0 Å². The number of aliphatic hydroxyl groups excluding tert-OH is 4. The number of allylic oxidation sites excluding steroid dienone is 1. The highest BCUT2D eigenvalue weighted by Gasteiger charge is 2.59. The number of carbonyl (C=O) groups excluding carboxylic acids is 2. The summed E-state index contributed by atoms with van der Waals surface area (Å²) in [4.78, 5) is 23.4. The molecule has 11 unspecified atom stereocenters. The molecular weight excluding hydrogens is 520 g/mol. The Bertz CT molecular complexity index is 978. The monoisotopic (exact) mass is 568 g/mol. The molecule has 0 aromatic carbocycles. The zero-order chi connectivity index (χ0) is 29.6. The van der Waals surface area contributed by atoms with Gasteiger partial charge in [0.2, 0.25) is 0 Å². The van der Waals surface area contributed by atoms with Gasteiger partial charge in [-0.05, 0) is 61.2 Å². The van der Waals surface area contributed by atoms with Gasteiger partial charge in [-0.25, -0.2) is 0 Å². The molecule has 0 aromatic heterocycles. The molecule has 1 aliphatic heterocycles. The topological polar surface area (TPSA) is 152 Å². The first kappa shape index (κ1) is 31.4. The predicted molar refractivity (Wildman–Crippen MR) is 144 cm³/mol. The lowest BCUT2D eigenvalue weighted by Gasteiger charge is -2.62. The summed E-state index contributed by atoms with van der Waals surface area (Å²) in [6.07, 6.45) is 0.243. The molecule has 3 fully saturated rings. The minimum Gasteiger partial charge on any atom is -0.462 e. The summed E-state index contributed by atoms with van der Waals surface area (Å²) in [5.74, 6) is -0.118. The molecule has 228 valence electrons. The predicted octanol–water partition coefficient (Wildman–Crippen LogP) is 2.25. The van der Waals surface area contributed by atoms with Crippen LogP contribution in [0.4, 0.5) is 0 Å². The van der Waals surface area contributed by atoms with E-state index >= 15 is 0 Å². The fraction of sp³-hybridized carbons (Fsp3) is 0.867. The lowest BCUT2D eigenvalue weighted by molar-refractivity contribution is -0.327. The van der Waals surface area contributed by atoms with Gasteiger partial charge in [0, 0.05) is 19.3 Å². The van der Waals surface area contributed by atoms with Crippen molar-refractivity contribution in [1.82, 2.24) is 0 Å².